The van der Waals surface area contributed by atoms with Crippen molar-refractivity contribution < 1.29 is 9.90 Å². The molecule has 19 heavy (non-hydrogen) atoms. The Morgan fingerprint density at radius 1 is 1.26 bits per heavy atom. The van der Waals surface area contributed by atoms with Crippen LogP contribution in [-0.2, 0) is 12.0 Å². The van der Waals surface area contributed by atoms with Crippen LogP contribution in [0.2, 0.25) is 0 Å². The van der Waals surface area contributed by atoms with E-state index in [1.165, 1.54) is 0 Å². The highest BCUT2D eigenvalue weighted by Crippen LogP contribution is 2.24. The molecule has 0 aliphatic rings. The zero-order chi connectivity index (χ0) is 14.0. The Bertz CT molecular complexity index is 580. The fourth-order valence-electron chi connectivity index (χ4n) is 1.98. The van der Waals surface area contributed by atoms with Gasteiger partial charge in [0.15, 0.2) is 0 Å². The molecule has 0 radical (unpaired) electrons. The van der Waals surface area contributed by atoms with Crippen molar-refractivity contribution in [1.82, 2.24) is 9.78 Å². The van der Waals surface area contributed by atoms with Crippen LogP contribution in [0.5, 0.6) is 0 Å². The van der Waals surface area contributed by atoms with Crippen molar-refractivity contribution in [3.8, 4) is 0 Å². The number of nitrogens with zero attached hydrogens (tertiary/aromatic N) is 2. The Hall–Kier alpha value is -2.10. The number of carbonyl (C=O) groups is 1. The second-order valence-corrected chi connectivity index (χ2v) is 5.63. The van der Waals surface area contributed by atoms with Crippen LogP contribution in [0, 0.1) is 0 Å². The minimum atomic E-state index is -0.927. The topological polar surface area (TPSA) is 55.1 Å². The van der Waals surface area contributed by atoms with E-state index in [0.29, 0.717) is 12.2 Å². The van der Waals surface area contributed by atoms with E-state index in [-0.39, 0.29) is 11.0 Å². The fraction of sp³-hybridized carbons (Fsp3) is 0.333. The maximum atomic E-state index is 11.3. The minimum absolute atomic E-state index is 0.281. The van der Waals surface area contributed by atoms with Gasteiger partial charge in [-0.3, -0.25) is 4.68 Å². The molecule has 0 saturated heterocycles. The molecule has 2 rings (SSSR count). The number of carboxylic acids is 1. The van der Waals surface area contributed by atoms with Crippen molar-refractivity contribution in [3.05, 3.63) is 53.3 Å². The first-order valence-electron chi connectivity index (χ1n) is 6.23. The summed E-state index contributed by atoms with van der Waals surface area (Å²) < 4.78 is 1.69. The summed E-state index contributed by atoms with van der Waals surface area (Å²) in [5.74, 6) is -0.927. The lowest BCUT2D eigenvalue weighted by atomic mass is 9.90. The van der Waals surface area contributed by atoms with Crippen LogP contribution in [0.4, 0.5) is 0 Å². The fourth-order valence-corrected chi connectivity index (χ4v) is 1.98. The second kappa shape index (κ2) is 4.88. The highest BCUT2D eigenvalue weighted by molar-refractivity contribution is 5.89. The van der Waals surface area contributed by atoms with E-state index in [0.717, 1.165) is 5.56 Å². The molecule has 1 aromatic heterocycles. The summed E-state index contributed by atoms with van der Waals surface area (Å²) in [4.78, 5) is 11.3. The van der Waals surface area contributed by atoms with Gasteiger partial charge in [-0.1, -0.05) is 51.1 Å². The van der Waals surface area contributed by atoms with E-state index in [1.807, 2.05) is 51.1 Å². The molecule has 100 valence electrons. The van der Waals surface area contributed by atoms with Crippen molar-refractivity contribution in [2.75, 3.05) is 0 Å². The number of rotatable bonds is 3. The maximum absolute atomic E-state index is 11.3. The van der Waals surface area contributed by atoms with Gasteiger partial charge in [0.25, 0.3) is 0 Å². The molecule has 0 amide bonds. The SMILES string of the molecule is CC(C)(C)c1nn(Cc2ccccc2)cc1C(=O)O. The van der Waals surface area contributed by atoms with Crippen LogP contribution in [0.25, 0.3) is 0 Å². The molecular weight excluding hydrogens is 240 g/mol. The Morgan fingerprint density at radius 3 is 2.37 bits per heavy atom. The normalized spacial score (nSPS) is 11.5. The maximum Gasteiger partial charge on any atom is 0.339 e. The third kappa shape index (κ3) is 3.02. The Morgan fingerprint density at radius 2 is 1.89 bits per heavy atom. The van der Waals surface area contributed by atoms with E-state index in [9.17, 15) is 9.90 Å². The molecule has 1 N–H and O–H groups in total. The largest absolute Gasteiger partial charge is 0.478 e. The van der Waals surface area contributed by atoms with E-state index in [4.69, 9.17) is 0 Å². The minimum Gasteiger partial charge on any atom is -0.478 e. The summed E-state index contributed by atoms with van der Waals surface area (Å²) in [6.45, 7) is 6.48. The predicted octanol–water partition coefficient (Wildman–Crippen LogP) is 2.93. The molecule has 4 nitrogen and oxygen atoms in total. The molecule has 1 aromatic carbocycles. The van der Waals surface area contributed by atoms with E-state index in [1.54, 1.807) is 10.9 Å². The number of hydrogen-bond acceptors (Lipinski definition) is 2. The van der Waals surface area contributed by atoms with E-state index in [2.05, 4.69) is 5.10 Å². The lowest BCUT2D eigenvalue weighted by Gasteiger charge is -2.15. The summed E-state index contributed by atoms with van der Waals surface area (Å²) in [5.41, 5.74) is 1.72. The van der Waals surface area contributed by atoms with E-state index < -0.39 is 5.97 Å². The van der Waals surface area contributed by atoms with Crippen molar-refractivity contribution >= 4 is 5.97 Å². The average Bonchev–Trinajstić information content (AvgIpc) is 2.74. The molecule has 1 heterocycles. The van der Waals surface area contributed by atoms with Crippen molar-refractivity contribution in [2.24, 2.45) is 0 Å². The van der Waals surface area contributed by atoms with Crippen molar-refractivity contribution in [3.63, 3.8) is 0 Å². The van der Waals surface area contributed by atoms with Gasteiger partial charge in [0.2, 0.25) is 0 Å². The lowest BCUT2D eigenvalue weighted by molar-refractivity contribution is 0.0694. The molecule has 0 bridgehead atoms. The highest BCUT2D eigenvalue weighted by atomic mass is 16.4. The van der Waals surface area contributed by atoms with Crippen LogP contribution in [0.1, 0.15) is 42.4 Å². The molecule has 0 fully saturated rings. The molecule has 0 aliphatic heterocycles. The van der Waals surface area contributed by atoms with Crippen LogP contribution in [0.3, 0.4) is 0 Å². The van der Waals surface area contributed by atoms with Crippen LogP contribution < -0.4 is 0 Å². The Kier molecular flexibility index (Phi) is 3.42. The van der Waals surface area contributed by atoms with E-state index >= 15 is 0 Å². The monoisotopic (exact) mass is 258 g/mol. The first-order valence-corrected chi connectivity index (χ1v) is 6.23. The van der Waals surface area contributed by atoms with Gasteiger partial charge in [-0.15, -0.1) is 0 Å². The van der Waals surface area contributed by atoms with Gasteiger partial charge in [-0.05, 0) is 5.56 Å². The lowest BCUT2D eigenvalue weighted by Crippen LogP contribution is -2.16. The molecule has 0 unspecified atom stereocenters. The summed E-state index contributed by atoms with van der Waals surface area (Å²) in [6, 6.07) is 9.87. The third-order valence-electron chi connectivity index (χ3n) is 2.89. The highest BCUT2D eigenvalue weighted by Gasteiger charge is 2.25. The first-order chi connectivity index (χ1) is 8.88. The van der Waals surface area contributed by atoms with Gasteiger partial charge >= 0.3 is 5.97 Å². The average molecular weight is 258 g/mol. The summed E-state index contributed by atoms with van der Waals surface area (Å²) in [7, 11) is 0. The van der Waals surface area contributed by atoms with Crippen LogP contribution in [0.15, 0.2) is 36.5 Å². The Balaban J connectivity index is 2.36. The molecule has 0 atom stereocenters. The number of benzene rings is 1. The number of carboxylic acid groups (broad SMARTS) is 1. The van der Waals surface area contributed by atoms with Crippen LogP contribution >= 0.6 is 0 Å². The molecule has 0 spiro atoms. The van der Waals surface area contributed by atoms with Gasteiger partial charge in [-0.25, -0.2) is 4.79 Å². The first kappa shape index (κ1) is 13.3. The second-order valence-electron chi connectivity index (χ2n) is 5.63. The smallest absolute Gasteiger partial charge is 0.339 e. The molecule has 4 heteroatoms. The van der Waals surface area contributed by atoms with Gasteiger partial charge < -0.3 is 5.11 Å². The quantitative estimate of drug-likeness (QED) is 0.921. The van der Waals surface area contributed by atoms with Gasteiger partial charge in [0, 0.05) is 11.6 Å². The molecular formula is C15H18N2O2. The van der Waals surface area contributed by atoms with Crippen molar-refractivity contribution in [1.29, 1.82) is 0 Å². The zero-order valence-electron chi connectivity index (χ0n) is 11.4. The summed E-state index contributed by atoms with van der Waals surface area (Å²) >= 11 is 0. The molecule has 0 saturated carbocycles. The number of hydrogen-bond donors (Lipinski definition) is 1. The standard InChI is InChI=1S/C15H18N2O2/c1-15(2,3)13-12(14(18)19)10-17(16-13)9-11-7-5-4-6-8-11/h4-8,10H,9H2,1-3H3,(H,18,19). The van der Waals surface area contributed by atoms with Crippen LogP contribution in [-0.4, -0.2) is 20.9 Å². The zero-order valence-corrected chi connectivity index (χ0v) is 11.4. The summed E-state index contributed by atoms with van der Waals surface area (Å²) in [6.07, 6.45) is 1.61. The predicted molar refractivity (Wildman–Crippen MR) is 73.4 cm³/mol. The van der Waals surface area contributed by atoms with Gasteiger partial charge in [-0.2, -0.15) is 5.10 Å². The van der Waals surface area contributed by atoms with Gasteiger partial charge in [0.1, 0.15) is 5.56 Å². The number of aromatic nitrogens is 2. The Labute approximate surface area is 112 Å². The third-order valence-corrected chi connectivity index (χ3v) is 2.89. The number of aromatic carboxylic acids is 1. The van der Waals surface area contributed by atoms with Gasteiger partial charge in [0.05, 0.1) is 12.2 Å². The summed E-state index contributed by atoms with van der Waals surface area (Å²) in [5, 5.41) is 13.7. The molecule has 0 aliphatic carbocycles. The molecule has 2 aromatic rings. The van der Waals surface area contributed by atoms with Crippen molar-refractivity contribution in [2.45, 2.75) is 32.7 Å².